The summed E-state index contributed by atoms with van der Waals surface area (Å²) < 4.78 is 0. The molecule has 0 heterocycles. The summed E-state index contributed by atoms with van der Waals surface area (Å²) in [5.74, 6) is 0. The molecule has 1 aromatic rings. The van der Waals surface area contributed by atoms with E-state index in [1.165, 1.54) is 7.11 Å². The van der Waals surface area contributed by atoms with E-state index in [4.69, 9.17) is 0 Å². The Balaban J connectivity index is 2.79. The van der Waals surface area contributed by atoms with E-state index in [2.05, 4.69) is 9.99 Å². The maximum Gasteiger partial charge on any atom is 0.120 e. The molecule has 1 N–H and O–H groups in total. The minimum Gasteiger partial charge on any atom is -0.399 e. The molecular formula is C10H13NO2. The molecule has 0 aliphatic carbocycles. The molecule has 0 saturated heterocycles. The van der Waals surface area contributed by atoms with Crippen LogP contribution < -0.4 is 0 Å². The Hall–Kier alpha value is -1.35. The van der Waals surface area contributed by atoms with Gasteiger partial charge in [-0.05, 0) is 12.5 Å². The van der Waals surface area contributed by atoms with Crippen LogP contribution in [-0.2, 0) is 4.84 Å². The smallest absolute Gasteiger partial charge is 0.120 e. The normalized spacial score (nSPS) is 13.9. The molecule has 13 heavy (non-hydrogen) atoms. The largest absolute Gasteiger partial charge is 0.399 e. The van der Waals surface area contributed by atoms with Crippen LogP contribution in [-0.4, -0.2) is 17.9 Å². The molecule has 0 amide bonds. The predicted molar refractivity (Wildman–Crippen MR) is 51.5 cm³/mol. The van der Waals surface area contributed by atoms with Crippen LogP contribution in [0.1, 0.15) is 18.6 Å². The van der Waals surface area contributed by atoms with Crippen molar-refractivity contribution in [2.75, 3.05) is 7.11 Å². The summed E-state index contributed by atoms with van der Waals surface area (Å²) in [5, 5.41) is 13.4. The molecule has 0 aliphatic heterocycles. The highest BCUT2D eigenvalue weighted by molar-refractivity contribution is 5.86. The first-order valence-electron chi connectivity index (χ1n) is 4.06. The summed E-state index contributed by atoms with van der Waals surface area (Å²) in [6.07, 6.45) is -0.679. The van der Waals surface area contributed by atoms with Gasteiger partial charge in [-0.3, -0.25) is 0 Å². The molecule has 0 radical (unpaired) electrons. The van der Waals surface area contributed by atoms with Gasteiger partial charge in [-0.25, -0.2) is 0 Å². The Morgan fingerprint density at radius 3 is 2.54 bits per heavy atom. The van der Waals surface area contributed by atoms with Crippen molar-refractivity contribution in [2.24, 2.45) is 5.16 Å². The van der Waals surface area contributed by atoms with Crippen LogP contribution in [0, 0.1) is 0 Å². The van der Waals surface area contributed by atoms with Crippen molar-refractivity contribution in [3.8, 4) is 0 Å². The summed E-state index contributed by atoms with van der Waals surface area (Å²) in [6, 6.07) is 9.34. The zero-order valence-electron chi connectivity index (χ0n) is 7.77. The molecule has 0 aromatic heterocycles. The number of rotatable bonds is 3. The first kappa shape index (κ1) is 9.74. The second-order valence-electron chi connectivity index (χ2n) is 2.73. The third-order valence-corrected chi connectivity index (χ3v) is 1.75. The Morgan fingerprint density at radius 2 is 2.00 bits per heavy atom. The fourth-order valence-corrected chi connectivity index (χ4v) is 1.07. The fraction of sp³-hybridized carbons (Fsp3) is 0.300. The summed E-state index contributed by atoms with van der Waals surface area (Å²) in [7, 11) is 1.46. The van der Waals surface area contributed by atoms with Crippen LogP contribution in [0.4, 0.5) is 0 Å². The molecule has 1 rings (SSSR count). The molecule has 0 saturated carbocycles. The average molecular weight is 179 g/mol. The van der Waals surface area contributed by atoms with Crippen molar-refractivity contribution < 1.29 is 9.94 Å². The van der Waals surface area contributed by atoms with Gasteiger partial charge in [0.25, 0.3) is 0 Å². The molecule has 1 aromatic carbocycles. The van der Waals surface area contributed by atoms with E-state index in [0.29, 0.717) is 5.71 Å². The van der Waals surface area contributed by atoms with Gasteiger partial charge in [0.05, 0.1) is 5.71 Å². The van der Waals surface area contributed by atoms with Crippen LogP contribution >= 0.6 is 0 Å². The Kier molecular flexibility index (Phi) is 3.46. The first-order valence-corrected chi connectivity index (χ1v) is 4.06. The van der Waals surface area contributed by atoms with Gasteiger partial charge in [0.15, 0.2) is 0 Å². The summed E-state index contributed by atoms with van der Waals surface area (Å²) in [5.41, 5.74) is 1.37. The number of nitrogens with zero attached hydrogens (tertiary/aromatic N) is 1. The second-order valence-corrected chi connectivity index (χ2v) is 2.73. The third kappa shape index (κ3) is 2.56. The number of hydrogen-bond acceptors (Lipinski definition) is 3. The lowest BCUT2D eigenvalue weighted by Gasteiger charge is -2.08. The predicted octanol–water partition coefficient (Wildman–Crippen LogP) is 1.74. The van der Waals surface area contributed by atoms with Gasteiger partial charge in [-0.15, -0.1) is 0 Å². The van der Waals surface area contributed by atoms with E-state index in [-0.39, 0.29) is 0 Å². The zero-order valence-corrected chi connectivity index (χ0v) is 7.77. The molecular weight excluding hydrogens is 166 g/mol. The zero-order chi connectivity index (χ0) is 9.68. The highest BCUT2D eigenvalue weighted by Gasteiger charge is 2.10. The maximum absolute atomic E-state index is 9.71. The highest BCUT2D eigenvalue weighted by atomic mass is 16.6. The SMILES string of the molecule is CO/N=C(\C)[C@H](O)c1ccccc1. The second kappa shape index (κ2) is 4.62. The van der Waals surface area contributed by atoms with Gasteiger partial charge in [0, 0.05) is 0 Å². The lowest BCUT2D eigenvalue weighted by molar-refractivity contribution is 0.195. The van der Waals surface area contributed by atoms with Crippen LogP contribution in [0.25, 0.3) is 0 Å². The first-order chi connectivity index (χ1) is 6.25. The van der Waals surface area contributed by atoms with E-state index in [0.717, 1.165) is 5.56 Å². The van der Waals surface area contributed by atoms with Gasteiger partial charge in [-0.1, -0.05) is 35.5 Å². The quantitative estimate of drug-likeness (QED) is 0.567. The van der Waals surface area contributed by atoms with Crippen molar-refractivity contribution in [3.05, 3.63) is 35.9 Å². The standard InChI is InChI=1S/C10H13NO2/c1-8(11-13-2)10(12)9-6-4-3-5-7-9/h3-7,10,12H,1-2H3/b11-8+/t10-/m0/s1. The van der Waals surface area contributed by atoms with Crippen LogP contribution in [0.2, 0.25) is 0 Å². The fourth-order valence-electron chi connectivity index (χ4n) is 1.07. The summed E-state index contributed by atoms with van der Waals surface area (Å²) >= 11 is 0. The topological polar surface area (TPSA) is 41.8 Å². The van der Waals surface area contributed by atoms with Crippen molar-refractivity contribution in [2.45, 2.75) is 13.0 Å². The Morgan fingerprint density at radius 1 is 1.38 bits per heavy atom. The molecule has 0 unspecified atom stereocenters. The van der Waals surface area contributed by atoms with Crippen molar-refractivity contribution in [1.82, 2.24) is 0 Å². The molecule has 0 aliphatic rings. The lowest BCUT2D eigenvalue weighted by Crippen LogP contribution is -2.08. The number of hydrogen-bond donors (Lipinski definition) is 1. The Labute approximate surface area is 77.6 Å². The van der Waals surface area contributed by atoms with Gasteiger partial charge >= 0.3 is 0 Å². The third-order valence-electron chi connectivity index (χ3n) is 1.75. The van der Waals surface area contributed by atoms with Gasteiger partial charge in [0.1, 0.15) is 13.2 Å². The van der Waals surface area contributed by atoms with E-state index in [1.807, 2.05) is 30.3 Å². The lowest BCUT2D eigenvalue weighted by atomic mass is 10.1. The molecule has 0 bridgehead atoms. The van der Waals surface area contributed by atoms with E-state index in [9.17, 15) is 5.11 Å². The van der Waals surface area contributed by atoms with Crippen LogP contribution in [0.15, 0.2) is 35.5 Å². The van der Waals surface area contributed by atoms with E-state index >= 15 is 0 Å². The van der Waals surface area contributed by atoms with Crippen LogP contribution in [0.5, 0.6) is 0 Å². The summed E-state index contributed by atoms with van der Waals surface area (Å²) in [6.45, 7) is 1.72. The van der Waals surface area contributed by atoms with E-state index < -0.39 is 6.10 Å². The van der Waals surface area contributed by atoms with Gasteiger partial charge in [-0.2, -0.15) is 0 Å². The van der Waals surface area contributed by atoms with Crippen LogP contribution in [0.3, 0.4) is 0 Å². The van der Waals surface area contributed by atoms with Crippen molar-refractivity contribution in [3.63, 3.8) is 0 Å². The molecule has 0 spiro atoms. The summed E-state index contributed by atoms with van der Waals surface area (Å²) in [4.78, 5) is 4.57. The van der Waals surface area contributed by atoms with Crippen molar-refractivity contribution in [1.29, 1.82) is 0 Å². The Bertz CT molecular complexity index is 282. The van der Waals surface area contributed by atoms with Crippen molar-refractivity contribution >= 4 is 5.71 Å². The number of benzene rings is 1. The number of aliphatic hydroxyl groups excluding tert-OH is 1. The minimum atomic E-state index is -0.679. The average Bonchev–Trinajstić information content (AvgIpc) is 2.18. The van der Waals surface area contributed by atoms with Gasteiger partial charge < -0.3 is 9.94 Å². The number of oxime groups is 1. The monoisotopic (exact) mass is 179 g/mol. The van der Waals surface area contributed by atoms with E-state index in [1.54, 1.807) is 6.92 Å². The molecule has 0 fully saturated rings. The number of aliphatic hydroxyl groups is 1. The highest BCUT2D eigenvalue weighted by Crippen LogP contribution is 2.13. The maximum atomic E-state index is 9.71. The molecule has 70 valence electrons. The minimum absolute atomic E-state index is 0.550. The van der Waals surface area contributed by atoms with Gasteiger partial charge in [0.2, 0.25) is 0 Å². The molecule has 3 heteroatoms. The molecule has 1 atom stereocenters. The molecule has 3 nitrogen and oxygen atoms in total.